The first-order chi connectivity index (χ1) is 14.0. The van der Waals surface area contributed by atoms with Crippen LogP contribution in [0.3, 0.4) is 0 Å². The van der Waals surface area contributed by atoms with E-state index in [1.54, 1.807) is 9.80 Å². The molecule has 0 amide bonds. The van der Waals surface area contributed by atoms with Crippen LogP contribution >= 0.6 is 11.3 Å². The monoisotopic (exact) mass is 416 g/mol. The molecule has 0 saturated carbocycles. The minimum absolute atomic E-state index is 0.588. The van der Waals surface area contributed by atoms with E-state index >= 15 is 0 Å². The van der Waals surface area contributed by atoms with Gasteiger partial charge in [0.05, 0.1) is 11.9 Å². The number of aromatic nitrogens is 2. The molecule has 3 aromatic heterocycles. The molecule has 0 unspecified atom stereocenters. The maximum absolute atomic E-state index is 5.28. The lowest BCUT2D eigenvalue weighted by Crippen LogP contribution is -3.27. The summed E-state index contributed by atoms with van der Waals surface area (Å²) in [7, 11) is 2.31. The third kappa shape index (κ3) is 4.48. The zero-order valence-corrected chi connectivity index (χ0v) is 18.8. The third-order valence-corrected chi connectivity index (χ3v) is 7.26. The summed E-state index contributed by atoms with van der Waals surface area (Å²) in [5.74, 6) is 1.72. The molecule has 4 rings (SSSR count). The van der Waals surface area contributed by atoms with Crippen LogP contribution in [0, 0.1) is 20.8 Å². The fraction of sp³-hybridized carbons (Fsp3) is 0.500. The Morgan fingerprint density at radius 1 is 1.21 bits per heavy atom. The lowest BCUT2D eigenvalue weighted by molar-refractivity contribution is -1.02. The number of likely N-dealkylation sites (N-methyl/N-ethyl adjacent to an activating group) is 1. The summed E-state index contributed by atoms with van der Waals surface area (Å²) in [5, 5.41) is 8.91. The molecule has 0 bridgehead atoms. The Hall–Kier alpha value is -1.93. The SMILES string of the molecule is Cc1cc(-n2c(C)cc(C[NH2+]C[C@@H](c3cccs3)[NH+]3CC[NH+](C)CC3)c2C)no1. The van der Waals surface area contributed by atoms with Crippen molar-refractivity contribution in [3.63, 3.8) is 0 Å². The molecule has 0 aliphatic carbocycles. The highest BCUT2D eigenvalue weighted by molar-refractivity contribution is 7.10. The van der Waals surface area contributed by atoms with Crippen LogP contribution in [0.4, 0.5) is 0 Å². The van der Waals surface area contributed by atoms with Crippen LogP contribution in [-0.4, -0.2) is 49.5 Å². The van der Waals surface area contributed by atoms with Gasteiger partial charge >= 0.3 is 0 Å². The van der Waals surface area contributed by atoms with Gasteiger partial charge in [0.1, 0.15) is 45.0 Å². The molecule has 1 aliphatic rings. The van der Waals surface area contributed by atoms with E-state index < -0.39 is 0 Å². The highest BCUT2D eigenvalue weighted by Crippen LogP contribution is 2.20. The van der Waals surface area contributed by atoms with Gasteiger partial charge in [0.25, 0.3) is 0 Å². The molecular weight excluding hydrogens is 382 g/mol. The average Bonchev–Trinajstić information content (AvgIpc) is 3.42. The summed E-state index contributed by atoms with van der Waals surface area (Å²) in [4.78, 5) is 4.94. The molecule has 1 saturated heterocycles. The lowest BCUT2D eigenvalue weighted by atomic mass is 10.1. The van der Waals surface area contributed by atoms with Gasteiger partial charge in [0.2, 0.25) is 0 Å². The van der Waals surface area contributed by atoms with Gasteiger partial charge in [-0.05, 0) is 38.3 Å². The summed E-state index contributed by atoms with van der Waals surface area (Å²) in [6.45, 7) is 13.5. The van der Waals surface area contributed by atoms with Crippen molar-refractivity contribution >= 4 is 11.3 Å². The minimum Gasteiger partial charge on any atom is -0.360 e. The summed E-state index contributed by atoms with van der Waals surface area (Å²) in [5.41, 5.74) is 3.85. The van der Waals surface area contributed by atoms with Crippen molar-refractivity contribution in [2.45, 2.75) is 33.4 Å². The normalized spacial score (nSPS) is 20.8. The quantitative estimate of drug-likeness (QED) is 0.494. The number of hydrogen-bond acceptors (Lipinski definition) is 3. The van der Waals surface area contributed by atoms with Crippen LogP contribution < -0.4 is 15.1 Å². The fourth-order valence-corrected chi connectivity index (χ4v) is 5.47. The Balaban J connectivity index is 1.44. The first-order valence-electron chi connectivity index (χ1n) is 10.7. The van der Waals surface area contributed by atoms with E-state index in [0.717, 1.165) is 24.7 Å². The van der Waals surface area contributed by atoms with E-state index in [2.05, 4.69) is 59.5 Å². The van der Waals surface area contributed by atoms with E-state index in [1.807, 2.05) is 24.3 Å². The number of quaternary nitrogens is 3. The Labute approximate surface area is 177 Å². The van der Waals surface area contributed by atoms with Crippen LogP contribution in [0.2, 0.25) is 0 Å². The van der Waals surface area contributed by atoms with Gasteiger partial charge < -0.3 is 19.6 Å². The molecule has 4 heterocycles. The predicted molar refractivity (Wildman–Crippen MR) is 115 cm³/mol. The van der Waals surface area contributed by atoms with Crippen molar-refractivity contribution in [2.24, 2.45) is 0 Å². The number of nitrogens with two attached hydrogens (primary N) is 1. The van der Waals surface area contributed by atoms with E-state index in [0.29, 0.717) is 6.04 Å². The molecular formula is C22H34N5OS+3. The van der Waals surface area contributed by atoms with Crippen molar-refractivity contribution in [2.75, 3.05) is 39.8 Å². The standard InChI is InChI=1S/C22H31N5OS/c1-16-12-19(18(3)27(16)22-13-17(2)28-24-22)14-23-15-20(21-6-5-11-29-21)26-9-7-25(4)8-10-26/h5-6,11-13,20,23H,7-10,14-15H2,1-4H3/p+3/t20-/m0/s1. The average molecular weight is 417 g/mol. The molecule has 6 nitrogen and oxygen atoms in total. The second kappa shape index (κ2) is 8.83. The van der Waals surface area contributed by atoms with Crippen LogP contribution in [0.25, 0.3) is 5.82 Å². The highest BCUT2D eigenvalue weighted by Gasteiger charge is 2.31. The smallest absolute Gasteiger partial charge is 0.180 e. The molecule has 29 heavy (non-hydrogen) atoms. The fourth-order valence-electron chi connectivity index (χ4n) is 4.57. The molecule has 156 valence electrons. The second-order valence-corrected chi connectivity index (χ2v) is 9.42. The Morgan fingerprint density at radius 3 is 2.66 bits per heavy atom. The van der Waals surface area contributed by atoms with Gasteiger partial charge in [0, 0.05) is 23.0 Å². The van der Waals surface area contributed by atoms with Crippen molar-refractivity contribution in [1.29, 1.82) is 0 Å². The maximum Gasteiger partial charge on any atom is 0.180 e. The van der Waals surface area contributed by atoms with Crippen molar-refractivity contribution in [3.8, 4) is 5.82 Å². The van der Waals surface area contributed by atoms with Crippen LogP contribution in [0.5, 0.6) is 0 Å². The second-order valence-electron chi connectivity index (χ2n) is 8.44. The van der Waals surface area contributed by atoms with E-state index in [4.69, 9.17) is 4.52 Å². The van der Waals surface area contributed by atoms with Gasteiger partial charge in [-0.2, -0.15) is 0 Å². The molecule has 7 heteroatoms. The molecule has 0 radical (unpaired) electrons. The Morgan fingerprint density at radius 2 is 2.00 bits per heavy atom. The van der Waals surface area contributed by atoms with Crippen molar-refractivity contribution in [1.82, 2.24) is 9.72 Å². The topological polar surface area (TPSA) is 56.5 Å². The molecule has 0 aromatic carbocycles. The summed E-state index contributed by atoms with van der Waals surface area (Å²) in [6.07, 6.45) is 0. The number of hydrogen-bond donors (Lipinski definition) is 3. The summed E-state index contributed by atoms with van der Waals surface area (Å²) < 4.78 is 7.48. The van der Waals surface area contributed by atoms with E-state index in [-0.39, 0.29) is 0 Å². The molecule has 0 spiro atoms. The minimum atomic E-state index is 0.588. The van der Waals surface area contributed by atoms with Gasteiger partial charge in [-0.3, -0.25) is 4.57 Å². The first kappa shape index (κ1) is 20.3. The lowest BCUT2D eigenvalue weighted by Gasteiger charge is -2.32. The van der Waals surface area contributed by atoms with Gasteiger partial charge in [-0.25, -0.2) is 0 Å². The summed E-state index contributed by atoms with van der Waals surface area (Å²) >= 11 is 1.91. The number of rotatable bonds is 7. The van der Waals surface area contributed by atoms with Gasteiger partial charge in [0.15, 0.2) is 11.9 Å². The number of nitrogens with zero attached hydrogens (tertiary/aromatic N) is 2. The first-order valence-corrected chi connectivity index (χ1v) is 11.5. The zero-order chi connectivity index (χ0) is 20.4. The third-order valence-electron chi connectivity index (χ3n) is 6.27. The predicted octanol–water partition coefficient (Wildman–Crippen LogP) is -0.330. The Bertz CT molecular complexity index is 921. The van der Waals surface area contributed by atoms with Crippen LogP contribution in [0.15, 0.2) is 34.2 Å². The van der Waals surface area contributed by atoms with Crippen LogP contribution in [0.1, 0.15) is 33.6 Å². The van der Waals surface area contributed by atoms with Gasteiger partial charge in [-0.1, -0.05) is 11.2 Å². The maximum atomic E-state index is 5.28. The van der Waals surface area contributed by atoms with E-state index in [9.17, 15) is 0 Å². The highest BCUT2D eigenvalue weighted by atomic mass is 32.1. The molecule has 4 N–H and O–H groups in total. The van der Waals surface area contributed by atoms with Crippen molar-refractivity contribution in [3.05, 3.63) is 57.2 Å². The number of aryl methyl sites for hydroxylation is 2. The van der Waals surface area contributed by atoms with Crippen LogP contribution in [-0.2, 0) is 6.54 Å². The Kier molecular flexibility index (Phi) is 6.20. The number of piperazine rings is 1. The molecule has 1 aliphatic heterocycles. The van der Waals surface area contributed by atoms with Crippen molar-refractivity contribution < 1.29 is 19.6 Å². The summed E-state index contributed by atoms with van der Waals surface area (Å²) in [6, 6.07) is 9.40. The van der Waals surface area contributed by atoms with E-state index in [1.165, 1.54) is 48.0 Å². The molecule has 1 fully saturated rings. The zero-order valence-electron chi connectivity index (χ0n) is 18.0. The number of nitrogens with one attached hydrogen (secondary N) is 2. The largest absolute Gasteiger partial charge is 0.360 e. The molecule has 3 aromatic rings. The number of thiophene rings is 1. The molecule has 1 atom stereocenters. The van der Waals surface area contributed by atoms with Gasteiger partial charge in [-0.15, -0.1) is 11.3 Å².